The third-order valence-corrected chi connectivity index (χ3v) is 6.27. The Labute approximate surface area is 195 Å². The van der Waals surface area contributed by atoms with E-state index >= 15 is 0 Å². The molecule has 32 heavy (non-hydrogen) atoms. The molecule has 0 aliphatic carbocycles. The lowest BCUT2D eigenvalue weighted by Crippen LogP contribution is -2.47. The van der Waals surface area contributed by atoms with Crippen molar-refractivity contribution < 1.29 is 9.53 Å². The Morgan fingerprint density at radius 2 is 1.78 bits per heavy atom. The first-order valence-corrected chi connectivity index (χ1v) is 11.4. The minimum Gasteiger partial charge on any atom is -0.497 e. The second kappa shape index (κ2) is 10.2. The second-order valence-corrected chi connectivity index (χ2v) is 8.82. The summed E-state index contributed by atoms with van der Waals surface area (Å²) in [5, 5.41) is 0.564. The fourth-order valence-electron chi connectivity index (χ4n) is 4.42. The fourth-order valence-corrected chi connectivity index (χ4v) is 4.61. The van der Waals surface area contributed by atoms with Crippen LogP contribution in [0.1, 0.15) is 34.3 Å². The van der Waals surface area contributed by atoms with E-state index in [4.69, 9.17) is 16.3 Å². The second-order valence-electron chi connectivity index (χ2n) is 8.38. The van der Waals surface area contributed by atoms with Gasteiger partial charge in [0.15, 0.2) is 0 Å². The predicted octanol–water partition coefficient (Wildman–Crippen LogP) is 5.97. The average molecular weight is 449 g/mol. The van der Waals surface area contributed by atoms with Crippen LogP contribution in [0.2, 0.25) is 5.02 Å². The third kappa shape index (κ3) is 5.32. The number of rotatable bonds is 6. The van der Waals surface area contributed by atoms with Gasteiger partial charge in [0.2, 0.25) is 0 Å². The van der Waals surface area contributed by atoms with E-state index in [2.05, 4.69) is 36.1 Å². The molecule has 3 aromatic rings. The predicted molar refractivity (Wildman–Crippen MR) is 131 cm³/mol. The number of carbonyl (C=O) groups excluding carboxylic acids is 1. The highest BCUT2D eigenvalue weighted by Crippen LogP contribution is 2.29. The minimum absolute atomic E-state index is 0.0297. The molecule has 0 bridgehead atoms. The molecule has 1 heterocycles. The van der Waals surface area contributed by atoms with Gasteiger partial charge >= 0.3 is 0 Å². The van der Waals surface area contributed by atoms with Crippen molar-refractivity contribution in [3.63, 3.8) is 0 Å². The molecular formula is C27H29ClN2O2. The van der Waals surface area contributed by atoms with Crippen LogP contribution in [-0.4, -0.2) is 37.0 Å². The van der Waals surface area contributed by atoms with Crippen LogP contribution < -0.4 is 9.64 Å². The molecule has 0 spiro atoms. The van der Waals surface area contributed by atoms with Crippen LogP contribution in [0.25, 0.3) is 0 Å². The van der Waals surface area contributed by atoms with Crippen LogP contribution in [0.4, 0.5) is 5.69 Å². The molecule has 1 aliphatic heterocycles. The summed E-state index contributed by atoms with van der Waals surface area (Å²) in [6.45, 7) is 4.96. The number of hydrogen-bond donors (Lipinski definition) is 0. The van der Waals surface area contributed by atoms with Gasteiger partial charge in [-0.05, 0) is 55.7 Å². The average Bonchev–Trinajstić information content (AvgIpc) is 2.80. The van der Waals surface area contributed by atoms with Crippen molar-refractivity contribution in [2.24, 2.45) is 0 Å². The highest BCUT2D eigenvalue weighted by Gasteiger charge is 2.30. The van der Waals surface area contributed by atoms with E-state index in [1.54, 1.807) is 19.2 Å². The van der Waals surface area contributed by atoms with Gasteiger partial charge in [-0.25, -0.2) is 0 Å². The Hall–Kier alpha value is -2.82. The molecular weight excluding hydrogens is 420 g/mol. The van der Waals surface area contributed by atoms with Crippen LogP contribution in [0, 0.1) is 6.92 Å². The minimum atomic E-state index is -0.0297. The van der Waals surface area contributed by atoms with E-state index in [1.807, 2.05) is 41.3 Å². The number of aryl methyl sites for hydroxylation is 1. The summed E-state index contributed by atoms with van der Waals surface area (Å²) in [5.74, 6) is 0.709. The maximum absolute atomic E-state index is 13.6. The molecule has 5 heteroatoms. The number of ether oxygens (including phenoxy) is 1. The van der Waals surface area contributed by atoms with Crippen molar-refractivity contribution in [2.75, 3.05) is 25.1 Å². The standard InChI is InChI=1S/C27H29ClN2O2/c1-20-6-3-7-21(16-20)19-29-14-12-24(13-15-29)30(25-10-5-11-26(18-25)32-2)27(31)22-8-4-9-23(28)17-22/h3-11,16-18,24H,12-15,19H2,1-2H3. The lowest BCUT2D eigenvalue weighted by molar-refractivity contribution is 0.0958. The number of likely N-dealkylation sites (tertiary alicyclic amines) is 1. The van der Waals surface area contributed by atoms with Crippen LogP contribution in [-0.2, 0) is 6.54 Å². The monoisotopic (exact) mass is 448 g/mol. The summed E-state index contributed by atoms with van der Waals surface area (Å²) in [7, 11) is 1.64. The Kier molecular flexibility index (Phi) is 7.13. The Balaban J connectivity index is 1.54. The van der Waals surface area contributed by atoms with Crippen molar-refractivity contribution in [2.45, 2.75) is 32.4 Å². The number of amides is 1. The molecule has 0 aromatic heterocycles. The molecule has 0 unspecified atom stereocenters. The first kappa shape index (κ1) is 22.4. The Bertz CT molecular complexity index is 1080. The zero-order valence-corrected chi connectivity index (χ0v) is 19.4. The maximum atomic E-state index is 13.6. The summed E-state index contributed by atoms with van der Waals surface area (Å²) >= 11 is 6.18. The number of anilines is 1. The summed E-state index contributed by atoms with van der Waals surface area (Å²) in [6, 6.07) is 23.7. The topological polar surface area (TPSA) is 32.8 Å². The summed E-state index contributed by atoms with van der Waals surface area (Å²) < 4.78 is 5.42. The number of piperidine rings is 1. The lowest BCUT2D eigenvalue weighted by Gasteiger charge is -2.39. The highest BCUT2D eigenvalue weighted by molar-refractivity contribution is 6.31. The summed E-state index contributed by atoms with van der Waals surface area (Å²) in [6.07, 6.45) is 1.82. The Morgan fingerprint density at radius 1 is 1.03 bits per heavy atom. The highest BCUT2D eigenvalue weighted by atomic mass is 35.5. The van der Waals surface area contributed by atoms with Crippen molar-refractivity contribution in [3.05, 3.63) is 94.5 Å². The summed E-state index contributed by atoms with van der Waals surface area (Å²) in [4.78, 5) is 18.0. The van der Waals surface area contributed by atoms with Crippen LogP contribution in [0.15, 0.2) is 72.8 Å². The Morgan fingerprint density at radius 3 is 2.50 bits per heavy atom. The molecule has 3 aromatic carbocycles. The largest absolute Gasteiger partial charge is 0.497 e. The fraction of sp³-hybridized carbons (Fsp3) is 0.296. The number of benzene rings is 3. The SMILES string of the molecule is COc1cccc(N(C(=O)c2cccc(Cl)c2)C2CCN(Cc3cccc(C)c3)CC2)c1. The third-order valence-electron chi connectivity index (χ3n) is 6.03. The van der Waals surface area contributed by atoms with Gasteiger partial charge in [0, 0.05) is 48.0 Å². The molecule has 1 fully saturated rings. The van der Waals surface area contributed by atoms with E-state index < -0.39 is 0 Å². The first-order valence-electron chi connectivity index (χ1n) is 11.0. The van der Waals surface area contributed by atoms with Crippen LogP contribution >= 0.6 is 11.6 Å². The number of halogens is 1. The molecule has 1 saturated heterocycles. The molecule has 4 nitrogen and oxygen atoms in total. The van der Waals surface area contributed by atoms with E-state index in [0.717, 1.165) is 43.9 Å². The van der Waals surface area contributed by atoms with Gasteiger partial charge in [-0.3, -0.25) is 9.69 Å². The van der Waals surface area contributed by atoms with Crippen molar-refractivity contribution in [1.82, 2.24) is 4.90 Å². The zero-order valence-electron chi connectivity index (χ0n) is 18.6. The first-order chi connectivity index (χ1) is 15.5. The summed E-state index contributed by atoms with van der Waals surface area (Å²) in [5.41, 5.74) is 4.07. The van der Waals surface area contributed by atoms with Gasteiger partial charge in [-0.15, -0.1) is 0 Å². The molecule has 4 rings (SSSR count). The van der Waals surface area contributed by atoms with E-state index in [0.29, 0.717) is 10.6 Å². The van der Waals surface area contributed by atoms with Gasteiger partial charge in [-0.1, -0.05) is 53.6 Å². The van der Waals surface area contributed by atoms with Crippen molar-refractivity contribution >= 4 is 23.2 Å². The molecule has 0 N–H and O–H groups in total. The van der Waals surface area contributed by atoms with Gasteiger partial charge in [0.1, 0.15) is 5.75 Å². The maximum Gasteiger partial charge on any atom is 0.258 e. The molecule has 1 amide bonds. The lowest BCUT2D eigenvalue weighted by atomic mass is 10.00. The van der Waals surface area contributed by atoms with Gasteiger partial charge in [-0.2, -0.15) is 0 Å². The van der Waals surface area contributed by atoms with Crippen LogP contribution in [0.3, 0.4) is 0 Å². The zero-order chi connectivity index (χ0) is 22.5. The van der Waals surface area contributed by atoms with Crippen LogP contribution in [0.5, 0.6) is 5.75 Å². The van der Waals surface area contributed by atoms with Gasteiger partial charge in [0.05, 0.1) is 7.11 Å². The molecule has 1 aliphatic rings. The van der Waals surface area contributed by atoms with Gasteiger partial charge in [0.25, 0.3) is 5.91 Å². The molecule has 0 saturated carbocycles. The molecule has 0 radical (unpaired) electrons. The quantitative estimate of drug-likeness (QED) is 0.465. The number of hydrogen-bond acceptors (Lipinski definition) is 3. The number of nitrogens with zero attached hydrogens (tertiary/aromatic N) is 2. The smallest absolute Gasteiger partial charge is 0.258 e. The van der Waals surface area contributed by atoms with Crippen molar-refractivity contribution in [3.8, 4) is 5.75 Å². The molecule has 0 atom stereocenters. The number of carbonyl (C=O) groups is 1. The van der Waals surface area contributed by atoms with Gasteiger partial charge < -0.3 is 9.64 Å². The number of methoxy groups -OCH3 is 1. The van der Waals surface area contributed by atoms with E-state index in [1.165, 1.54) is 11.1 Å². The van der Waals surface area contributed by atoms with E-state index in [-0.39, 0.29) is 11.9 Å². The molecule has 166 valence electrons. The van der Waals surface area contributed by atoms with E-state index in [9.17, 15) is 4.79 Å². The van der Waals surface area contributed by atoms with Crippen molar-refractivity contribution in [1.29, 1.82) is 0 Å². The normalized spacial score (nSPS) is 14.8.